The summed E-state index contributed by atoms with van der Waals surface area (Å²) in [5.74, 6) is -0.947. The monoisotopic (exact) mass is 274 g/mol. The Morgan fingerprint density at radius 2 is 2.15 bits per heavy atom. The lowest BCUT2D eigenvalue weighted by molar-refractivity contribution is -0.129. The number of pyridine rings is 1. The van der Waals surface area contributed by atoms with E-state index in [1.165, 1.54) is 0 Å². The number of rotatable bonds is 3. The third-order valence-electron chi connectivity index (χ3n) is 3.59. The molecule has 106 valence electrons. The molecule has 2 heterocycles. The van der Waals surface area contributed by atoms with E-state index in [9.17, 15) is 9.59 Å². The fourth-order valence-electron chi connectivity index (χ4n) is 2.55. The second kappa shape index (κ2) is 4.96. The molecule has 0 radical (unpaired) electrons. The second-order valence-corrected chi connectivity index (χ2v) is 5.03. The maximum atomic E-state index is 12.5. The predicted octanol–water partition coefficient (Wildman–Crippen LogP) is 0.108. The molecular formula is C14H18N4O2. The number of carbonyl (C=O) groups excluding carboxylic acids is 2. The van der Waals surface area contributed by atoms with E-state index in [1.807, 2.05) is 19.9 Å². The minimum atomic E-state index is -1.06. The third kappa shape index (κ3) is 1.93. The highest BCUT2D eigenvalue weighted by Gasteiger charge is 2.47. The number of aromatic nitrogens is 1. The number of nitrogens with two attached hydrogens (primary N) is 1. The molecule has 1 aliphatic heterocycles. The fraction of sp³-hybridized carbons (Fsp3) is 0.357. The summed E-state index contributed by atoms with van der Waals surface area (Å²) in [7, 11) is 1.56. The molecule has 0 saturated heterocycles. The number of amides is 2. The average molecular weight is 274 g/mol. The summed E-state index contributed by atoms with van der Waals surface area (Å²) < 4.78 is 0. The Kier molecular flexibility index (Phi) is 3.48. The van der Waals surface area contributed by atoms with Crippen molar-refractivity contribution in [2.24, 2.45) is 11.7 Å². The molecule has 6 heteroatoms. The molecule has 1 aliphatic rings. The Morgan fingerprint density at radius 1 is 1.45 bits per heavy atom. The van der Waals surface area contributed by atoms with Gasteiger partial charge in [0, 0.05) is 18.8 Å². The van der Waals surface area contributed by atoms with E-state index < -0.39 is 11.4 Å². The van der Waals surface area contributed by atoms with Crippen molar-refractivity contribution in [1.29, 1.82) is 0 Å². The molecule has 1 aromatic rings. The minimum Gasteiger partial charge on any atom is -0.364 e. The van der Waals surface area contributed by atoms with Crippen LogP contribution in [0.25, 0.3) is 6.08 Å². The van der Waals surface area contributed by atoms with Gasteiger partial charge in [-0.3, -0.25) is 14.6 Å². The van der Waals surface area contributed by atoms with Crippen LogP contribution in [-0.4, -0.2) is 23.8 Å². The van der Waals surface area contributed by atoms with Crippen molar-refractivity contribution in [3.63, 3.8) is 0 Å². The van der Waals surface area contributed by atoms with E-state index in [0.29, 0.717) is 5.69 Å². The molecule has 2 rings (SSSR count). The van der Waals surface area contributed by atoms with Crippen molar-refractivity contribution in [2.75, 3.05) is 7.05 Å². The highest BCUT2D eigenvalue weighted by molar-refractivity contribution is 6.00. The number of nitrogens with one attached hydrogen (secondary N) is 2. The Bertz CT molecular complexity index is 595. The van der Waals surface area contributed by atoms with Crippen LogP contribution in [0, 0.1) is 5.92 Å². The number of carbonyl (C=O) groups is 2. The van der Waals surface area contributed by atoms with Gasteiger partial charge in [0.15, 0.2) is 0 Å². The Labute approximate surface area is 117 Å². The molecule has 0 bridgehead atoms. The van der Waals surface area contributed by atoms with E-state index >= 15 is 0 Å². The van der Waals surface area contributed by atoms with E-state index in [1.54, 1.807) is 25.4 Å². The van der Waals surface area contributed by atoms with Crippen LogP contribution in [0.1, 0.15) is 25.1 Å². The first kappa shape index (κ1) is 14.0. The van der Waals surface area contributed by atoms with Crippen molar-refractivity contribution in [3.05, 3.63) is 35.3 Å². The highest BCUT2D eigenvalue weighted by atomic mass is 16.2. The lowest BCUT2D eigenvalue weighted by atomic mass is 9.76. The van der Waals surface area contributed by atoms with Crippen LogP contribution < -0.4 is 16.4 Å². The molecule has 4 N–H and O–H groups in total. The van der Waals surface area contributed by atoms with Crippen molar-refractivity contribution in [2.45, 2.75) is 19.4 Å². The summed E-state index contributed by atoms with van der Waals surface area (Å²) >= 11 is 0. The van der Waals surface area contributed by atoms with E-state index in [0.717, 1.165) is 5.56 Å². The van der Waals surface area contributed by atoms with E-state index in [4.69, 9.17) is 5.73 Å². The number of hydrogen-bond acceptors (Lipinski definition) is 4. The summed E-state index contributed by atoms with van der Waals surface area (Å²) in [5.41, 5.74) is 5.80. The molecule has 1 atom stereocenters. The number of hydrogen-bond donors (Lipinski definition) is 3. The van der Waals surface area contributed by atoms with Gasteiger partial charge in [0.2, 0.25) is 5.91 Å². The lowest BCUT2D eigenvalue weighted by Gasteiger charge is -2.40. The van der Waals surface area contributed by atoms with Crippen LogP contribution in [0.4, 0.5) is 0 Å². The highest BCUT2D eigenvalue weighted by Crippen LogP contribution is 2.36. The van der Waals surface area contributed by atoms with Crippen LogP contribution in [0.3, 0.4) is 0 Å². The maximum absolute atomic E-state index is 12.5. The minimum absolute atomic E-state index is 0.103. The van der Waals surface area contributed by atoms with Gasteiger partial charge in [0.25, 0.3) is 5.91 Å². The molecule has 1 unspecified atom stereocenters. The molecule has 1 aromatic heterocycles. The second-order valence-electron chi connectivity index (χ2n) is 5.03. The lowest BCUT2D eigenvalue weighted by Crippen LogP contribution is -2.59. The first-order chi connectivity index (χ1) is 9.43. The van der Waals surface area contributed by atoms with Crippen LogP contribution in [-0.2, 0) is 15.1 Å². The molecular weight excluding hydrogens is 256 g/mol. The number of likely N-dealkylation sites (N-methyl/N-ethyl adjacent to an activating group) is 1. The van der Waals surface area contributed by atoms with Gasteiger partial charge in [0.1, 0.15) is 11.2 Å². The van der Waals surface area contributed by atoms with Crippen molar-refractivity contribution < 1.29 is 9.59 Å². The SMILES string of the molecule is CNC(=O)C1(C(C)C)NC(C(N)=O)=Cc2ncccc21. The molecule has 0 aromatic carbocycles. The zero-order valence-electron chi connectivity index (χ0n) is 11.7. The first-order valence-electron chi connectivity index (χ1n) is 6.40. The number of primary amides is 1. The third-order valence-corrected chi connectivity index (χ3v) is 3.59. The maximum Gasteiger partial charge on any atom is 0.264 e. The van der Waals surface area contributed by atoms with E-state index in [-0.39, 0.29) is 17.5 Å². The molecule has 2 amide bonds. The van der Waals surface area contributed by atoms with Gasteiger partial charge in [-0.05, 0) is 18.1 Å². The van der Waals surface area contributed by atoms with Crippen LogP contribution in [0.15, 0.2) is 24.0 Å². The van der Waals surface area contributed by atoms with Crippen LogP contribution in [0.5, 0.6) is 0 Å². The summed E-state index contributed by atoms with van der Waals surface area (Å²) in [6, 6.07) is 3.60. The topological polar surface area (TPSA) is 97.1 Å². The molecule has 0 spiro atoms. The van der Waals surface area contributed by atoms with Crippen LogP contribution in [0.2, 0.25) is 0 Å². The summed E-state index contributed by atoms with van der Waals surface area (Å²) in [4.78, 5) is 28.2. The molecule has 20 heavy (non-hydrogen) atoms. The zero-order chi connectivity index (χ0) is 14.9. The Balaban J connectivity index is 2.72. The van der Waals surface area contributed by atoms with Gasteiger partial charge in [-0.15, -0.1) is 0 Å². The standard InChI is InChI=1S/C14H18N4O2/c1-8(2)14(13(20)16-3)9-5-4-6-17-10(9)7-11(18-14)12(15)19/h4-8,18H,1-3H3,(H2,15,19)(H,16,20). The molecule has 0 fully saturated rings. The Hall–Kier alpha value is -2.37. The van der Waals surface area contributed by atoms with Crippen molar-refractivity contribution in [3.8, 4) is 0 Å². The smallest absolute Gasteiger partial charge is 0.264 e. The first-order valence-corrected chi connectivity index (χ1v) is 6.40. The quantitative estimate of drug-likeness (QED) is 0.728. The van der Waals surface area contributed by atoms with Gasteiger partial charge < -0.3 is 16.4 Å². The summed E-state index contributed by atoms with van der Waals surface area (Å²) in [5, 5.41) is 5.66. The number of fused-ring (bicyclic) bond motifs is 1. The summed E-state index contributed by atoms with van der Waals surface area (Å²) in [6.45, 7) is 3.81. The zero-order valence-corrected chi connectivity index (χ0v) is 11.7. The molecule has 0 aliphatic carbocycles. The largest absolute Gasteiger partial charge is 0.364 e. The molecule has 6 nitrogen and oxygen atoms in total. The van der Waals surface area contributed by atoms with Crippen molar-refractivity contribution in [1.82, 2.24) is 15.6 Å². The van der Waals surface area contributed by atoms with Gasteiger partial charge in [0.05, 0.1) is 5.69 Å². The van der Waals surface area contributed by atoms with Gasteiger partial charge in [-0.25, -0.2) is 0 Å². The van der Waals surface area contributed by atoms with Gasteiger partial charge in [-0.1, -0.05) is 19.9 Å². The van der Waals surface area contributed by atoms with Crippen LogP contribution >= 0.6 is 0 Å². The van der Waals surface area contributed by atoms with E-state index in [2.05, 4.69) is 15.6 Å². The average Bonchev–Trinajstić information content (AvgIpc) is 2.44. The summed E-state index contributed by atoms with van der Waals surface area (Å²) in [6.07, 6.45) is 3.19. The van der Waals surface area contributed by atoms with Gasteiger partial charge in [-0.2, -0.15) is 0 Å². The Morgan fingerprint density at radius 3 is 2.70 bits per heavy atom. The predicted molar refractivity (Wildman–Crippen MR) is 75.1 cm³/mol. The van der Waals surface area contributed by atoms with Crippen molar-refractivity contribution >= 4 is 17.9 Å². The normalized spacial score (nSPS) is 20.7. The van der Waals surface area contributed by atoms with Gasteiger partial charge >= 0.3 is 0 Å². The molecule has 0 saturated carbocycles. The number of nitrogens with zero attached hydrogens (tertiary/aromatic N) is 1. The fourth-order valence-corrected chi connectivity index (χ4v) is 2.55.